The summed E-state index contributed by atoms with van der Waals surface area (Å²) in [6.07, 6.45) is 1.27. The zero-order valence-electron chi connectivity index (χ0n) is 23.4. The molecule has 0 aromatic heterocycles. The van der Waals surface area contributed by atoms with E-state index in [4.69, 9.17) is 14.2 Å². The van der Waals surface area contributed by atoms with E-state index in [-0.39, 0.29) is 29.4 Å². The summed E-state index contributed by atoms with van der Waals surface area (Å²) in [5.41, 5.74) is 1.72. The maximum Gasteiger partial charge on any atom is 0.417 e. The highest BCUT2D eigenvalue weighted by atomic mass is 32.2. The molecular formula is C31H32N2O8S. The minimum Gasteiger partial charge on any atom is -0.497 e. The molecule has 3 aromatic rings. The fourth-order valence-corrected chi connectivity index (χ4v) is 5.90. The van der Waals surface area contributed by atoms with Gasteiger partial charge >= 0.3 is 12.1 Å². The first-order chi connectivity index (χ1) is 20.3. The third-order valence-corrected chi connectivity index (χ3v) is 8.14. The lowest BCUT2D eigenvalue weighted by Gasteiger charge is -2.25. The summed E-state index contributed by atoms with van der Waals surface area (Å²) in [5, 5.41) is 11.2. The molecule has 1 aliphatic heterocycles. The van der Waals surface area contributed by atoms with Crippen molar-refractivity contribution in [1.29, 1.82) is 0 Å². The van der Waals surface area contributed by atoms with Gasteiger partial charge in [0.2, 0.25) is 5.91 Å². The molecular weight excluding hydrogens is 560 g/mol. The number of ether oxygens (including phenoxy) is 3. The highest BCUT2D eigenvalue weighted by Gasteiger charge is 2.41. The Morgan fingerprint density at radius 3 is 2.50 bits per heavy atom. The fraction of sp³-hybridized carbons (Fsp3) is 0.323. The molecule has 1 saturated heterocycles. The highest BCUT2D eigenvalue weighted by Crippen LogP contribution is 2.37. The molecule has 2 atom stereocenters. The van der Waals surface area contributed by atoms with E-state index in [1.807, 2.05) is 54.6 Å². The van der Waals surface area contributed by atoms with Crippen LogP contribution < -0.4 is 4.74 Å². The number of nitro benzene ring substituents is 1. The van der Waals surface area contributed by atoms with Crippen molar-refractivity contribution in [3.63, 3.8) is 0 Å². The molecule has 0 radical (unpaired) electrons. The van der Waals surface area contributed by atoms with E-state index < -0.39 is 34.2 Å². The van der Waals surface area contributed by atoms with Crippen LogP contribution in [0.4, 0.5) is 10.5 Å². The minimum atomic E-state index is -0.820. The summed E-state index contributed by atoms with van der Waals surface area (Å²) in [7, 11) is 1.59. The lowest BCUT2D eigenvalue weighted by molar-refractivity contribution is -0.387. The lowest BCUT2D eigenvalue weighted by atomic mass is 10.0. The molecule has 1 heterocycles. The average Bonchev–Trinajstić information content (AvgIpc) is 3.36. The third kappa shape index (κ3) is 7.67. The van der Waals surface area contributed by atoms with E-state index >= 15 is 0 Å². The maximum atomic E-state index is 14.0. The van der Waals surface area contributed by atoms with Crippen molar-refractivity contribution >= 4 is 35.4 Å². The minimum absolute atomic E-state index is 0.0429. The number of benzene rings is 3. The zero-order chi connectivity index (χ0) is 30.1. The van der Waals surface area contributed by atoms with Crippen LogP contribution in [0.1, 0.15) is 41.3 Å². The van der Waals surface area contributed by atoms with Gasteiger partial charge in [-0.3, -0.25) is 14.9 Å². The molecule has 0 spiro atoms. The number of hydrogen-bond donors (Lipinski definition) is 0. The Balaban J connectivity index is 1.59. The number of carbonyl (C=O) groups excluding carboxylic acids is 3. The summed E-state index contributed by atoms with van der Waals surface area (Å²) >= 11 is 1.01. The predicted octanol–water partition coefficient (Wildman–Crippen LogP) is 5.85. The van der Waals surface area contributed by atoms with Crippen LogP contribution >= 0.6 is 11.8 Å². The van der Waals surface area contributed by atoms with Gasteiger partial charge in [0, 0.05) is 6.07 Å². The van der Waals surface area contributed by atoms with Gasteiger partial charge in [-0.25, -0.2) is 14.5 Å². The molecule has 0 bridgehead atoms. The smallest absolute Gasteiger partial charge is 0.417 e. The van der Waals surface area contributed by atoms with Crippen LogP contribution in [-0.2, 0) is 27.1 Å². The Kier molecular flexibility index (Phi) is 10.6. The van der Waals surface area contributed by atoms with Gasteiger partial charge in [0.15, 0.2) is 0 Å². The number of carbonyl (C=O) groups is 3. The standard InChI is InChI=1S/C31H32N2O8S/c1-3-40-30(35)23-14-17-27(26(19-23)33(37)38)42-28(11-7-10-21-12-15-25(39-2)16-13-21)29(34)32-24(20-41-31(32)36)18-22-8-5-4-6-9-22/h4-6,8-9,12-17,19,24,28H,3,7,10-11,18,20H2,1-2H3/t24-,28+/m1/s1. The van der Waals surface area contributed by atoms with Gasteiger partial charge in [-0.1, -0.05) is 42.5 Å². The van der Waals surface area contributed by atoms with Crippen molar-refractivity contribution in [3.8, 4) is 5.75 Å². The van der Waals surface area contributed by atoms with Gasteiger partial charge < -0.3 is 14.2 Å². The van der Waals surface area contributed by atoms with Crippen molar-refractivity contribution in [1.82, 2.24) is 4.90 Å². The number of nitro groups is 1. The van der Waals surface area contributed by atoms with E-state index in [0.29, 0.717) is 25.7 Å². The molecule has 0 unspecified atom stereocenters. The van der Waals surface area contributed by atoms with Crippen molar-refractivity contribution in [3.05, 3.63) is 99.6 Å². The molecule has 1 aliphatic rings. The zero-order valence-corrected chi connectivity index (χ0v) is 24.2. The van der Waals surface area contributed by atoms with E-state index in [1.54, 1.807) is 14.0 Å². The van der Waals surface area contributed by atoms with Crippen LogP contribution in [0.15, 0.2) is 77.7 Å². The summed E-state index contributed by atoms with van der Waals surface area (Å²) in [6.45, 7) is 1.84. The normalized spacial score (nSPS) is 15.1. The average molecular weight is 593 g/mol. The Labute approximate surface area is 248 Å². The van der Waals surface area contributed by atoms with Crippen molar-refractivity contribution < 1.29 is 33.5 Å². The summed E-state index contributed by atoms with van der Waals surface area (Å²) in [6, 6.07) is 20.6. The first-order valence-electron chi connectivity index (χ1n) is 13.6. The molecule has 10 nitrogen and oxygen atoms in total. The Hall–Kier alpha value is -4.38. The largest absolute Gasteiger partial charge is 0.497 e. The molecule has 220 valence electrons. The van der Waals surface area contributed by atoms with Crippen molar-refractivity contribution in [2.75, 3.05) is 20.3 Å². The molecule has 42 heavy (non-hydrogen) atoms. The summed E-state index contributed by atoms with van der Waals surface area (Å²) in [5.74, 6) is -0.410. The van der Waals surface area contributed by atoms with E-state index in [2.05, 4.69) is 0 Å². The molecule has 4 rings (SSSR count). The SMILES string of the molecule is CCOC(=O)c1ccc(S[C@@H](CCCc2ccc(OC)cc2)C(=O)N2C(=O)OC[C@H]2Cc2ccccc2)c([N+](=O)[O-])c1. The number of aryl methyl sites for hydroxylation is 1. The van der Waals surface area contributed by atoms with Crippen LogP contribution in [0.3, 0.4) is 0 Å². The molecule has 11 heteroatoms. The molecule has 0 aliphatic carbocycles. The third-order valence-electron chi connectivity index (χ3n) is 6.81. The van der Waals surface area contributed by atoms with E-state index in [9.17, 15) is 24.5 Å². The number of hydrogen-bond acceptors (Lipinski definition) is 9. The molecule has 0 saturated carbocycles. The quantitative estimate of drug-likeness (QED) is 0.104. The monoisotopic (exact) mass is 592 g/mol. The van der Waals surface area contributed by atoms with Crippen LogP contribution in [0, 0.1) is 10.1 Å². The number of esters is 1. The number of nitrogens with zero attached hydrogens (tertiary/aromatic N) is 2. The maximum absolute atomic E-state index is 14.0. The Morgan fingerprint density at radius 1 is 1.10 bits per heavy atom. The number of imide groups is 1. The van der Waals surface area contributed by atoms with Gasteiger partial charge in [0.25, 0.3) is 5.69 Å². The first-order valence-corrected chi connectivity index (χ1v) is 14.5. The Bertz CT molecular complexity index is 1410. The fourth-order valence-electron chi connectivity index (χ4n) is 4.69. The second-order valence-electron chi connectivity index (χ2n) is 9.64. The van der Waals surface area contributed by atoms with Gasteiger partial charge in [0.05, 0.1) is 40.4 Å². The highest BCUT2D eigenvalue weighted by molar-refractivity contribution is 8.00. The van der Waals surface area contributed by atoms with Gasteiger partial charge in [0.1, 0.15) is 12.4 Å². The number of methoxy groups -OCH3 is 1. The van der Waals surface area contributed by atoms with Crippen LogP contribution in [0.5, 0.6) is 5.75 Å². The first kappa shape index (κ1) is 30.6. The number of rotatable bonds is 13. The Morgan fingerprint density at radius 2 is 1.83 bits per heavy atom. The van der Waals surface area contributed by atoms with Crippen molar-refractivity contribution in [2.24, 2.45) is 0 Å². The van der Waals surface area contributed by atoms with Gasteiger partial charge in [-0.15, -0.1) is 11.8 Å². The summed E-state index contributed by atoms with van der Waals surface area (Å²) in [4.78, 5) is 51.7. The van der Waals surface area contributed by atoms with Crippen LogP contribution in [-0.4, -0.2) is 59.4 Å². The second-order valence-corrected chi connectivity index (χ2v) is 10.9. The molecule has 2 amide bonds. The van der Waals surface area contributed by atoms with Crippen LogP contribution in [0.25, 0.3) is 0 Å². The topological polar surface area (TPSA) is 125 Å². The van der Waals surface area contributed by atoms with E-state index in [1.165, 1.54) is 12.1 Å². The number of amides is 2. The van der Waals surface area contributed by atoms with E-state index in [0.717, 1.165) is 39.6 Å². The van der Waals surface area contributed by atoms with Gasteiger partial charge in [-0.2, -0.15) is 0 Å². The second kappa shape index (κ2) is 14.5. The van der Waals surface area contributed by atoms with Crippen molar-refractivity contribution in [2.45, 2.75) is 48.8 Å². The molecule has 0 N–H and O–H groups in total. The lowest BCUT2D eigenvalue weighted by Crippen LogP contribution is -2.44. The van der Waals surface area contributed by atoms with Gasteiger partial charge in [-0.05, 0) is 68.0 Å². The predicted molar refractivity (Wildman–Crippen MR) is 157 cm³/mol. The molecule has 1 fully saturated rings. The number of cyclic esters (lactones) is 1. The number of thioether (sulfide) groups is 1. The molecule has 3 aromatic carbocycles. The van der Waals surface area contributed by atoms with Crippen LogP contribution in [0.2, 0.25) is 0 Å². The summed E-state index contributed by atoms with van der Waals surface area (Å²) < 4.78 is 15.5.